The van der Waals surface area contributed by atoms with Gasteiger partial charge in [-0.25, -0.2) is 0 Å². The lowest BCUT2D eigenvalue weighted by Crippen LogP contribution is -2.32. The molecule has 2 rings (SSSR count). The Hall–Kier alpha value is -2.30. The van der Waals surface area contributed by atoms with Crippen molar-refractivity contribution >= 4 is 5.91 Å². The summed E-state index contributed by atoms with van der Waals surface area (Å²) in [6, 6.07) is 9.73. The highest BCUT2D eigenvalue weighted by molar-refractivity contribution is 5.93. The number of nitrogens with zero attached hydrogens (tertiary/aromatic N) is 2. The normalized spacial score (nSPS) is 12.0. The van der Waals surface area contributed by atoms with E-state index in [1.165, 1.54) is 0 Å². The summed E-state index contributed by atoms with van der Waals surface area (Å²) in [7, 11) is 1.64. The fourth-order valence-corrected chi connectivity index (χ4v) is 2.16. The maximum absolute atomic E-state index is 12.2. The summed E-state index contributed by atoms with van der Waals surface area (Å²) < 4.78 is 7.02. The molecule has 0 radical (unpaired) electrons. The van der Waals surface area contributed by atoms with Gasteiger partial charge in [0.05, 0.1) is 12.8 Å². The fourth-order valence-electron chi connectivity index (χ4n) is 2.16. The first-order valence-corrected chi connectivity index (χ1v) is 7.62. The van der Waals surface area contributed by atoms with Gasteiger partial charge in [0, 0.05) is 18.2 Å². The van der Waals surface area contributed by atoms with Crippen LogP contribution in [0.1, 0.15) is 37.7 Å². The van der Waals surface area contributed by atoms with Crippen molar-refractivity contribution in [1.29, 1.82) is 0 Å². The van der Waals surface area contributed by atoms with E-state index in [0.717, 1.165) is 23.4 Å². The summed E-state index contributed by atoms with van der Waals surface area (Å²) in [5, 5.41) is 7.35. The van der Waals surface area contributed by atoms with Crippen LogP contribution in [-0.2, 0) is 6.54 Å². The Bertz CT molecular complexity index is 632. The fraction of sp³-hybridized carbons (Fsp3) is 0.412. The van der Waals surface area contributed by atoms with Crippen molar-refractivity contribution in [1.82, 2.24) is 15.1 Å². The van der Waals surface area contributed by atoms with Crippen molar-refractivity contribution in [2.75, 3.05) is 7.11 Å². The van der Waals surface area contributed by atoms with E-state index in [4.69, 9.17) is 4.74 Å². The zero-order chi connectivity index (χ0) is 16.1. The van der Waals surface area contributed by atoms with Gasteiger partial charge in [0.2, 0.25) is 0 Å². The molecule has 0 aliphatic carbocycles. The molecule has 2 aromatic rings. The number of carbonyl (C=O) groups is 1. The minimum absolute atomic E-state index is 0.128. The van der Waals surface area contributed by atoms with Gasteiger partial charge in [-0.1, -0.05) is 6.92 Å². The van der Waals surface area contributed by atoms with E-state index >= 15 is 0 Å². The number of benzene rings is 1. The lowest BCUT2D eigenvalue weighted by molar-refractivity contribution is 0.0933. The van der Waals surface area contributed by atoms with Gasteiger partial charge in [0.1, 0.15) is 5.75 Å². The molecular formula is C17H23N3O2. The predicted molar refractivity (Wildman–Crippen MR) is 87.1 cm³/mol. The van der Waals surface area contributed by atoms with Crippen molar-refractivity contribution in [3.63, 3.8) is 0 Å². The number of aromatic nitrogens is 2. The number of rotatable bonds is 6. The molecule has 0 fully saturated rings. The van der Waals surface area contributed by atoms with Gasteiger partial charge in [0.15, 0.2) is 5.69 Å². The highest BCUT2D eigenvalue weighted by Gasteiger charge is 2.16. The quantitative estimate of drug-likeness (QED) is 0.892. The lowest BCUT2D eigenvalue weighted by Gasteiger charge is -2.09. The van der Waals surface area contributed by atoms with Crippen LogP contribution < -0.4 is 10.1 Å². The maximum Gasteiger partial charge on any atom is 0.272 e. The highest BCUT2D eigenvalue weighted by Crippen LogP contribution is 2.23. The van der Waals surface area contributed by atoms with Crippen LogP contribution in [0.5, 0.6) is 5.75 Å². The number of amides is 1. The summed E-state index contributed by atoms with van der Waals surface area (Å²) >= 11 is 0. The summed E-state index contributed by atoms with van der Waals surface area (Å²) in [5.74, 6) is 0.678. The Morgan fingerprint density at radius 3 is 2.55 bits per heavy atom. The van der Waals surface area contributed by atoms with Crippen LogP contribution in [-0.4, -0.2) is 28.8 Å². The zero-order valence-corrected chi connectivity index (χ0v) is 13.6. The second kappa shape index (κ2) is 7.11. The van der Waals surface area contributed by atoms with Crippen molar-refractivity contribution < 1.29 is 9.53 Å². The SMILES string of the molecule is CC[C@H](C)NC(=O)c1cc(-c2ccc(OC)cc2)n(CC)n1. The highest BCUT2D eigenvalue weighted by atomic mass is 16.5. The Kier molecular flexibility index (Phi) is 5.20. The monoisotopic (exact) mass is 301 g/mol. The molecule has 22 heavy (non-hydrogen) atoms. The topological polar surface area (TPSA) is 56.1 Å². The molecule has 0 unspecified atom stereocenters. The van der Waals surface area contributed by atoms with Crippen molar-refractivity contribution in [3.05, 3.63) is 36.0 Å². The second-order valence-electron chi connectivity index (χ2n) is 5.24. The van der Waals surface area contributed by atoms with Crippen LogP contribution in [0.25, 0.3) is 11.3 Å². The van der Waals surface area contributed by atoms with E-state index < -0.39 is 0 Å². The van der Waals surface area contributed by atoms with Crippen LogP contribution in [0.3, 0.4) is 0 Å². The first-order valence-electron chi connectivity index (χ1n) is 7.62. The van der Waals surface area contributed by atoms with Gasteiger partial charge in [-0.05, 0) is 50.6 Å². The molecule has 0 aliphatic rings. The number of hydrogen-bond donors (Lipinski definition) is 1. The van der Waals surface area contributed by atoms with Crippen LogP contribution in [0.4, 0.5) is 0 Å². The zero-order valence-electron chi connectivity index (χ0n) is 13.6. The molecule has 1 amide bonds. The third kappa shape index (κ3) is 3.47. The van der Waals surface area contributed by atoms with Crippen molar-refractivity contribution in [2.45, 2.75) is 39.8 Å². The number of nitrogens with one attached hydrogen (secondary N) is 1. The van der Waals surface area contributed by atoms with Crippen LogP contribution in [0.15, 0.2) is 30.3 Å². The molecule has 118 valence electrons. The Labute approximate surface area is 131 Å². The smallest absolute Gasteiger partial charge is 0.272 e. The number of aryl methyl sites for hydroxylation is 1. The minimum atomic E-state index is -0.128. The van der Waals surface area contributed by atoms with Gasteiger partial charge in [0.25, 0.3) is 5.91 Å². The van der Waals surface area contributed by atoms with E-state index in [-0.39, 0.29) is 11.9 Å². The molecule has 0 spiro atoms. The molecule has 0 saturated heterocycles. The molecular weight excluding hydrogens is 278 g/mol. The third-order valence-corrected chi connectivity index (χ3v) is 3.69. The van der Waals surface area contributed by atoms with Crippen LogP contribution >= 0.6 is 0 Å². The van der Waals surface area contributed by atoms with Gasteiger partial charge < -0.3 is 10.1 Å². The largest absolute Gasteiger partial charge is 0.497 e. The number of methoxy groups -OCH3 is 1. The summed E-state index contributed by atoms with van der Waals surface area (Å²) in [5.41, 5.74) is 2.39. The van der Waals surface area contributed by atoms with Crippen LogP contribution in [0.2, 0.25) is 0 Å². The minimum Gasteiger partial charge on any atom is -0.497 e. The molecule has 1 atom stereocenters. The predicted octanol–water partition coefficient (Wildman–Crippen LogP) is 3.11. The van der Waals surface area contributed by atoms with E-state index in [1.807, 2.05) is 55.8 Å². The average molecular weight is 301 g/mol. The summed E-state index contributed by atoms with van der Waals surface area (Å²) in [4.78, 5) is 12.2. The number of hydrogen-bond acceptors (Lipinski definition) is 3. The summed E-state index contributed by atoms with van der Waals surface area (Å²) in [6.45, 7) is 6.74. The molecule has 5 heteroatoms. The lowest BCUT2D eigenvalue weighted by atomic mass is 10.1. The van der Waals surface area contributed by atoms with E-state index in [9.17, 15) is 4.79 Å². The number of carbonyl (C=O) groups excluding carboxylic acids is 1. The maximum atomic E-state index is 12.2. The molecule has 0 aliphatic heterocycles. The third-order valence-electron chi connectivity index (χ3n) is 3.69. The van der Waals surface area contributed by atoms with Crippen molar-refractivity contribution in [3.8, 4) is 17.0 Å². The molecule has 0 saturated carbocycles. The van der Waals surface area contributed by atoms with Crippen LogP contribution in [0, 0.1) is 0 Å². The van der Waals surface area contributed by atoms with E-state index in [1.54, 1.807) is 7.11 Å². The Balaban J connectivity index is 2.29. The molecule has 0 bridgehead atoms. The number of ether oxygens (including phenoxy) is 1. The molecule has 1 N–H and O–H groups in total. The molecule has 1 aromatic carbocycles. The van der Waals surface area contributed by atoms with Gasteiger partial charge >= 0.3 is 0 Å². The first kappa shape index (κ1) is 16.1. The van der Waals surface area contributed by atoms with Gasteiger partial charge in [-0.2, -0.15) is 5.10 Å². The first-order chi connectivity index (χ1) is 10.6. The van der Waals surface area contributed by atoms with E-state index in [0.29, 0.717) is 12.2 Å². The van der Waals surface area contributed by atoms with E-state index in [2.05, 4.69) is 10.4 Å². The average Bonchev–Trinajstić information content (AvgIpc) is 2.99. The van der Waals surface area contributed by atoms with Gasteiger partial charge in [-0.15, -0.1) is 0 Å². The Morgan fingerprint density at radius 1 is 1.32 bits per heavy atom. The van der Waals surface area contributed by atoms with Gasteiger partial charge in [-0.3, -0.25) is 9.48 Å². The molecule has 5 nitrogen and oxygen atoms in total. The summed E-state index contributed by atoms with van der Waals surface area (Å²) in [6.07, 6.45) is 0.894. The Morgan fingerprint density at radius 2 is 2.00 bits per heavy atom. The van der Waals surface area contributed by atoms with Crippen molar-refractivity contribution in [2.24, 2.45) is 0 Å². The second-order valence-corrected chi connectivity index (χ2v) is 5.24. The standard InChI is InChI=1S/C17H23N3O2/c1-5-12(3)18-17(21)15-11-16(20(6-2)19-15)13-7-9-14(22-4)10-8-13/h7-12H,5-6H2,1-4H3,(H,18,21)/t12-/m0/s1. The molecule has 1 aromatic heterocycles. The molecule has 1 heterocycles.